The molecule has 0 fully saturated rings. The van der Waals surface area contributed by atoms with Gasteiger partial charge in [-0.15, -0.1) is 0 Å². The predicted octanol–water partition coefficient (Wildman–Crippen LogP) is 3.69. The Hall–Kier alpha value is -3.42. The third kappa shape index (κ3) is 4.17. The van der Waals surface area contributed by atoms with Crippen LogP contribution in [0.1, 0.15) is 22.4 Å². The number of ether oxygens (including phenoxy) is 1. The number of aromatic nitrogens is 1. The second-order valence-electron chi connectivity index (χ2n) is 8.10. The summed E-state index contributed by atoms with van der Waals surface area (Å²) in [6.45, 7) is 3.59. The maximum atomic E-state index is 12.9. The van der Waals surface area contributed by atoms with Crippen molar-refractivity contribution in [2.75, 3.05) is 18.5 Å². The van der Waals surface area contributed by atoms with Crippen molar-refractivity contribution >= 4 is 29.2 Å². The van der Waals surface area contributed by atoms with E-state index in [9.17, 15) is 14.7 Å². The van der Waals surface area contributed by atoms with Gasteiger partial charge in [0.15, 0.2) is 0 Å². The number of aryl methyl sites for hydroxylation is 2. The third-order valence-corrected chi connectivity index (χ3v) is 6.03. The summed E-state index contributed by atoms with van der Waals surface area (Å²) in [4.78, 5) is 31.5. The predicted molar refractivity (Wildman–Crippen MR) is 126 cm³/mol. The Morgan fingerprint density at radius 2 is 1.91 bits per heavy atom. The minimum absolute atomic E-state index is 0.106. The molecule has 170 valence electrons. The van der Waals surface area contributed by atoms with Crippen molar-refractivity contribution < 1.29 is 19.4 Å². The van der Waals surface area contributed by atoms with Gasteiger partial charge in [-0.2, -0.15) is 0 Å². The summed E-state index contributed by atoms with van der Waals surface area (Å²) in [5.41, 5.74) is 1.84. The van der Waals surface area contributed by atoms with E-state index in [1.807, 2.05) is 50.2 Å². The van der Waals surface area contributed by atoms with Gasteiger partial charge in [0.2, 0.25) is 17.9 Å². The van der Waals surface area contributed by atoms with Crippen molar-refractivity contribution in [2.24, 2.45) is 0 Å². The molecule has 0 spiro atoms. The molecule has 33 heavy (non-hydrogen) atoms. The van der Waals surface area contributed by atoms with E-state index in [1.165, 1.54) is 4.90 Å². The van der Waals surface area contributed by atoms with E-state index in [1.54, 1.807) is 31.3 Å². The van der Waals surface area contributed by atoms with Crippen LogP contribution in [0.15, 0.2) is 60.7 Å². The molecule has 0 unspecified atom stereocenters. The Morgan fingerprint density at radius 3 is 2.58 bits per heavy atom. The van der Waals surface area contributed by atoms with Gasteiger partial charge in [0.05, 0.1) is 6.54 Å². The molecule has 8 heteroatoms. The Labute approximate surface area is 197 Å². The zero-order valence-corrected chi connectivity index (χ0v) is 19.3. The lowest BCUT2D eigenvalue weighted by molar-refractivity contribution is -0.149. The Morgan fingerprint density at radius 1 is 1.18 bits per heavy atom. The van der Waals surface area contributed by atoms with Crippen molar-refractivity contribution in [1.82, 2.24) is 10.3 Å². The highest BCUT2D eigenvalue weighted by atomic mass is 35.5. The number of carbonyl (C=O) groups is 2. The Balaban J connectivity index is 2.02. The number of amides is 1. The summed E-state index contributed by atoms with van der Waals surface area (Å²) in [5.74, 6) is -1.25. The van der Waals surface area contributed by atoms with E-state index in [4.69, 9.17) is 16.3 Å². The number of nitrogens with zero attached hydrogens (tertiary/aromatic N) is 2. The van der Waals surface area contributed by atoms with Crippen LogP contribution in [-0.4, -0.2) is 41.7 Å². The first-order valence-corrected chi connectivity index (χ1v) is 10.8. The molecule has 1 amide bonds. The molecule has 2 N–H and O–H groups in total. The number of carboxylic acid groups (broad SMARTS) is 1. The van der Waals surface area contributed by atoms with Crippen molar-refractivity contribution in [3.8, 4) is 5.88 Å². The fourth-order valence-electron chi connectivity index (χ4n) is 4.33. The summed E-state index contributed by atoms with van der Waals surface area (Å²) in [5, 5.41) is 14.1. The summed E-state index contributed by atoms with van der Waals surface area (Å²) in [6, 6.07) is 17.7. The van der Waals surface area contributed by atoms with Gasteiger partial charge in [-0.3, -0.25) is 10.1 Å². The average molecular weight is 466 g/mol. The first kappa shape index (κ1) is 22.8. The number of hydrogen-bond acceptors (Lipinski definition) is 5. The molecule has 0 bridgehead atoms. The van der Waals surface area contributed by atoms with E-state index in [2.05, 4.69) is 10.3 Å². The maximum absolute atomic E-state index is 12.9. The molecule has 2 heterocycles. The SMILES string of the molecule is Cc1cc(C)nc(O[C@H](C(=O)O)[C@@]2(c3ccccc3)NCC(=O)N(C)c3ccc(Cl)cc32)c1. The maximum Gasteiger partial charge on any atom is 0.347 e. The Bertz CT molecular complexity index is 1200. The van der Waals surface area contributed by atoms with E-state index in [-0.39, 0.29) is 18.3 Å². The highest BCUT2D eigenvalue weighted by Crippen LogP contribution is 2.43. The van der Waals surface area contributed by atoms with Crippen LogP contribution in [0.4, 0.5) is 5.69 Å². The van der Waals surface area contributed by atoms with E-state index in [0.29, 0.717) is 27.5 Å². The number of likely N-dealkylation sites (N-methyl/N-ethyl adjacent to an activating group) is 1. The zero-order chi connectivity index (χ0) is 23.8. The molecule has 2 aromatic carbocycles. The van der Waals surface area contributed by atoms with Crippen molar-refractivity contribution in [2.45, 2.75) is 25.5 Å². The number of carbonyl (C=O) groups excluding carboxylic acids is 1. The molecule has 2 atom stereocenters. The first-order valence-electron chi connectivity index (χ1n) is 10.4. The summed E-state index contributed by atoms with van der Waals surface area (Å²) >= 11 is 6.38. The molecule has 1 aromatic heterocycles. The molecule has 1 aliphatic heterocycles. The second-order valence-corrected chi connectivity index (χ2v) is 8.54. The highest BCUT2D eigenvalue weighted by molar-refractivity contribution is 6.30. The summed E-state index contributed by atoms with van der Waals surface area (Å²) in [6.07, 6.45) is -1.47. The van der Waals surface area contributed by atoms with E-state index >= 15 is 0 Å². The fourth-order valence-corrected chi connectivity index (χ4v) is 4.51. The van der Waals surface area contributed by atoms with Gasteiger partial charge in [0, 0.05) is 35.1 Å². The quantitative estimate of drug-likeness (QED) is 0.597. The Kier molecular flexibility index (Phi) is 6.10. The molecule has 0 aliphatic carbocycles. The lowest BCUT2D eigenvalue weighted by atomic mass is 9.77. The topological polar surface area (TPSA) is 91.8 Å². The lowest BCUT2D eigenvalue weighted by Gasteiger charge is -2.39. The van der Waals surface area contributed by atoms with Gasteiger partial charge < -0.3 is 14.7 Å². The number of halogens is 1. The highest BCUT2D eigenvalue weighted by Gasteiger charge is 2.51. The smallest absolute Gasteiger partial charge is 0.347 e. The summed E-state index contributed by atoms with van der Waals surface area (Å²) < 4.78 is 6.11. The molecule has 0 saturated carbocycles. The van der Waals surface area contributed by atoms with Crippen molar-refractivity contribution in [1.29, 1.82) is 0 Å². The standard InChI is InChI=1S/C25H24ClN3O4/c1-15-11-16(2)28-21(12-15)33-23(24(31)32)25(17-7-5-4-6-8-17)19-13-18(26)9-10-20(19)29(3)22(30)14-27-25/h4-13,23,27H,14H2,1-3H3,(H,31,32)/t23-,25+/m1/s1. The van der Waals surface area contributed by atoms with Crippen molar-refractivity contribution in [3.05, 3.63) is 88.1 Å². The molecule has 0 radical (unpaired) electrons. The zero-order valence-electron chi connectivity index (χ0n) is 18.5. The number of pyridine rings is 1. The number of hydrogen-bond donors (Lipinski definition) is 2. The van der Waals surface area contributed by atoms with Crippen LogP contribution in [0.5, 0.6) is 5.88 Å². The lowest BCUT2D eigenvalue weighted by Crippen LogP contribution is -2.58. The van der Waals surface area contributed by atoms with Gasteiger partial charge in [-0.25, -0.2) is 9.78 Å². The van der Waals surface area contributed by atoms with Crippen LogP contribution in [0.2, 0.25) is 5.02 Å². The fraction of sp³-hybridized carbons (Fsp3) is 0.240. The monoisotopic (exact) mass is 465 g/mol. The van der Waals surface area contributed by atoms with Crippen LogP contribution < -0.4 is 15.0 Å². The van der Waals surface area contributed by atoms with Gasteiger partial charge in [-0.05, 0) is 49.2 Å². The minimum atomic E-state index is -1.47. The van der Waals surface area contributed by atoms with Gasteiger partial charge in [0.1, 0.15) is 5.54 Å². The van der Waals surface area contributed by atoms with Crippen LogP contribution in [0.25, 0.3) is 0 Å². The van der Waals surface area contributed by atoms with Gasteiger partial charge in [0.25, 0.3) is 0 Å². The molecular formula is C25H24ClN3O4. The molecule has 7 nitrogen and oxygen atoms in total. The first-order chi connectivity index (χ1) is 15.7. The number of aliphatic carboxylic acids is 1. The minimum Gasteiger partial charge on any atom is -0.478 e. The summed E-state index contributed by atoms with van der Waals surface area (Å²) in [7, 11) is 1.65. The van der Waals surface area contributed by atoms with Gasteiger partial charge >= 0.3 is 5.97 Å². The third-order valence-electron chi connectivity index (χ3n) is 5.80. The van der Waals surface area contributed by atoms with Crippen LogP contribution >= 0.6 is 11.6 Å². The normalized spacial score (nSPS) is 18.9. The number of fused-ring (bicyclic) bond motifs is 1. The van der Waals surface area contributed by atoms with Crippen molar-refractivity contribution in [3.63, 3.8) is 0 Å². The van der Waals surface area contributed by atoms with Crippen LogP contribution in [0.3, 0.4) is 0 Å². The number of benzene rings is 2. The average Bonchev–Trinajstić information content (AvgIpc) is 2.87. The number of nitrogens with one attached hydrogen (secondary N) is 1. The number of anilines is 1. The number of rotatable bonds is 5. The van der Waals surface area contributed by atoms with E-state index in [0.717, 1.165) is 5.56 Å². The number of carboxylic acids is 1. The van der Waals surface area contributed by atoms with Crippen LogP contribution in [-0.2, 0) is 15.1 Å². The molecule has 0 saturated heterocycles. The van der Waals surface area contributed by atoms with Gasteiger partial charge in [-0.1, -0.05) is 41.9 Å². The molecule has 4 rings (SSSR count). The van der Waals surface area contributed by atoms with E-state index < -0.39 is 17.6 Å². The molecule has 3 aromatic rings. The molecular weight excluding hydrogens is 442 g/mol. The second kappa shape index (κ2) is 8.84. The largest absolute Gasteiger partial charge is 0.478 e. The van der Waals surface area contributed by atoms with Crippen LogP contribution in [0, 0.1) is 13.8 Å². The molecule has 1 aliphatic rings.